The van der Waals surface area contributed by atoms with Crippen molar-refractivity contribution >= 4 is 0 Å². The largest absolute Gasteiger partial charge is 0.496 e. The molecule has 17 heavy (non-hydrogen) atoms. The first-order valence-electron chi connectivity index (χ1n) is 6.21. The number of hydrogen-bond acceptors (Lipinski definition) is 2. The number of methoxy groups -OCH3 is 1. The van der Waals surface area contributed by atoms with Crippen LogP contribution in [0.25, 0.3) is 0 Å². The van der Waals surface area contributed by atoms with E-state index in [0.717, 1.165) is 31.5 Å². The number of hydrogen-bond donors (Lipinski definition) is 1. The second-order valence-electron chi connectivity index (χ2n) is 4.75. The summed E-state index contributed by atoms with van der Waals surface area (Å²) in [5.74, 6) is 0.730. The van der Waals surface area contributed by atoms with Gasteiger partial charge in [0.2, 0.25) is 0 Å². The van der Waals surface area contributed by atoms with Crippen LogP contribution in [0.1, 0.15) is 30.1 Å². The summed E-state index contributed by atoms with van der Waals surface area (Å²) >= 11 is 0. The van der Waals surface area contributed by atoms with Crippen LogP contribution in [0.15, 0.2) is 18.2 Å². The maximum Gasteiger partial charge on any atom is 0.133 e. The average molecular weight is 237 g/mol. The summed E-state index contributed by atoms with van der Waals surface area (Å²) in [5, 5.41) is 3.26. The molecule has 1 heterocycles. The van der Waals surface area contributed by atoms with Gasteiger partial charge in [-0.2, -0.15) is 0 Å². The third-order valence-corrected chi connectivity index (χ3v) is 3.43. The molecule has 3 heteroatoms. The molecule has 0 bridgehead atoms. The molecule has 1 N–H and O–H groups in total. The monoisotopic (exact) mass is 237 g/mol. The Labute approximate surface area is 102 Å². The van der Waals surface area contributed by atoms with E-state index in [1.54, 1.807) is 7.11 Å². The van der Waals surface area contributed by atoms with E-state index < -0.39 is 6.17 Å². The Morgan fingerprint density at radius 2 is 2.29 bits per heavy atom. The van der Waals surface area contributed by atoms with Gasteiger partial charge in [-0.1, -0.05) is 11.6 Å². The summed E-state index contributed by atoms with van der Waals surface area (Å²) in [6, 6.07) is 5.71. The van der Waals surface area contributed by atoms with Crippen LogP contribution in [0.5, 0.6) is 5.75 Å². The minimum Gasteiger partial charge on any atom is -0.496 e. The zero-order chi connectivity index (χ0) is 12.3. The van der Waals surface area contributed by atoms with Gasteiger partial charge in [0.15, 0.2) is 0 Å². The molecule has 2 nitrogen and oxygen atoms in total. The molecule has 0 aliphatic carbocycles. The molecule has 1 aliphatic heterocycles. The van der Waals surface area contributed by atoms with Gasteiger partial charge in [0.05, 0.1) is 7.11 Å². The number of rotatable bonds is 3. The van der Waals surface area contributed by atoms with Crippen LogP contribution in [0.4, 0.5) is 4.39 Å². The minimum atomic E-state index is -0.933. The van der Waals surface area contributed by atoms with Crippen LogP contribution in [0.2, 0.25) is 0 Å². The molecule has 1 saturated heterocycles. The van der Waals surface area contributed by atoms with Gasteiger partial charge in [-0.15, -0.1) is 0 Å². The molecule has 94 valence electrons. The highest BCUT2D eigenvalue weighted by Crippen LogP contribution is 2.36. The molecule has 0 saturated carbocycles. The fourth-order valence-corrected chi connectivity index (χ4v) is 2.45. The summed E-state index contributed by atoms with van der Waals surface area (Å²) in [7, 11) is 1.60. The Morgan fingerprint density at radius 1 is 1.47 bits per heavy atom. The second-order valence-corrected chi connectivity index (χ2v) is 4.75. The number of benzene rings is 1. The Kier molecular flexibility index (Phi) is 4.00. The second kappa shape index (κ2) is 5.50. The van der Waals surface area contributed by atoms with E-state index >= 15 is 0 Å². The van der Waals surface area contributed by atoms with Crippen molar-refractivity contribution in [2.24, 2.45) is 5.92 Å². The quantitative estimate of drug-likeness (QED) is 0.872. The maximum absolute atomic E-state index is 14.5. The first-order chi connectivity index (χ1) is 8.22. The summed E-state index contributed by atoms with van der Waals surface area (Å²) < 4.78 is 19.8. The van der Waals surface area contributed by atoms with Gasteiger partial charge in [0, 0.05) is 18.0 Å². The standard InChI is InChI=1S/C14H20FNO/c1-10-5-6-13(17-2)12(8-10)14(15)11-4-3-7-16-9-11/h5-6,8,11,14,16H,3-4,7,9H2,1-2H3. The summed E-state index contributed by atoms with van der Waals surface area (Å²) in [4.78, 5) is 0. The molecule has 0 radical (unpaired) electrons. The van der Waals surface area contributed by atoms with Crippen molar-refractivity contribution in [3.05, 3.63) is 29.3 Å². The number of piperidine rings is 1. The summed E-state index contributed by atoms with van der Waals surface area (Å²) in [6.07, 6.45) is 1.07. The molecule has 1 aromatic rings. The van der Waals surface area contributed by atoms with Crippen molar-refractivity contribution in [1.82, 2.24) is 5.32 Å². The van der Waals surface area contributed by atoms with Crippen LogP contribution in [0, 0.1) is 12.8 Å². The van der Waals surface area contributed by atoms with Crippen LogP contribution in [0.3, 0.4) is 0 Å². The molecule has 0 aromatic heterocycles. The van der Waals surface area contributed by atoms with Gasteiger partial charge in [-0.05, 0) is 38.4 Å². The van der Waals surface area contributed by atoms with Gasteiger partial charge >= 0.3 is 0 Å². The Bertz CT molecular complexity index is 374. The highest BCUT2D eigenvalue weighted by atomic mass is 19.1. The molecular weight excluding hydrogens is 217 g/mol. The molecule has 2 unspecified atom stereocenters. The molecule has 1 fully saturated rings. The molecule has 0 spiro atoms. The topological polar surface area (TPSA) is 21.3 Å². The molecule has 1 aromatic carbocycles. The Morgan fingerprint density at radius 3 is 2.94 bits per heavy atom. The Balaban J connectivity index is 2.21. The van der Waals surface area contributed by atoms with E-state index in [1.165, 1.54) is 0 Å². The zero-order valence-electron chi connectivity index (χ0n) is 10.5. The smallest absolute Gasteiger partial charge is 0.133 e. The van der Waals surface area contributed by atoms with Gasteiger partial charge in [-0.3, -0.25) is 0 Å². The van der Waals surface area contributed by atoms with Crippen molar-refractivity contribution in [3.63, 3.8) is 0 Å². The number of aryl methyl sites for hydroxylation is 1. The van der Waals surface area contributed by atoms with Crippen LogP contribution in [-0.4, -0.2) is 20.2 Å². The predicted molar refractivity (Wildman–Crippen MR) is 67.2 cm³/mol. The number of halogens is 1. The number of alkyl halides is 1. The van der Waals surface area contributed by atoms with Gasteiger partial charge in [-0.25, -0.2) is 4.39 Å². The molecule has 2 rings (SSSR count). The van der Waals surface area contributed by atoms with E-state index in [-0.39, 0.29) is 5.92 Å². The normalized spacial score (nSPS) is 22.2. The average Bonchev–Trinajstić information content (AvgIpc) is 2.39. The summed E-state index contributed by atoms with van der Waals surface area (Å²) in [6.45, 7) is 3.75. The van der Waals surface area contributed by atoms with Crippen LogP contribution in [-0.2, 0) is 0 Å². The van der Waals surface area contributed by atoms with Crippen molar-refractivity contribution in [1.29, 1.82) is 0 Å². The lowest BCUT2D eigenvalue weighted by molar-refractivity contribution is 0.190. The van der Waals surface area contributed by atoms with Gasteiger partial charge in [0.1, 0.15) is 11.9 Å². The van der Waals surface area contributed by atoms with Crippen molar-refractivity contribution in [3.8, 4) is 5.75 Å². The van der Waals surface area contributed by atoms with Crippen LogP contribution >= 0.6 is 0 Å². The fourth-order valence-electron chi connectivity index (χ4n) is 2.45. The highest BCUT2D eigenvalue weighted by Gasteiger charge is 2.26. The van der Waals surface area contributed by atoms with Crippen molar-refractivity contribution in [2.75, 3.05) is 20.2 Å². The van der Waals surface area contributed by atoms with Crippen LogP contribution < -0.4 is 10.1 Å². The van der Waals surface area contributed by atoms with E-state index in [2.05, 4.69) is 5.32 Å². The molecular formula is C14H20FNO. The maximum atomic E-state index is 14.5. The van der Waals surface area contributed by atoms with E-state index in [9.17, 15) is 4.39 Å². The number of ether oxygens (including phenoxy) is 1. The zero-order valence-corrected chi connectivity index (χ0v) is 10.5. The predicted octanol–water partition coefficient (Wildman–Crippen LogP) is 3.01. The Hall–Kier alpha value is -1.09. The SMILES string of the molecule is COc1ccc(C)cc1C(F)C1CCCNC1. The lowest BCUT2D eigenvalue weighted by Crippen LogP contribution is -2.32. The van der Waals surface area contributed by atoms with E-state index in [4.69, 9.17) is 4.74 Å². The van der Waals surface area contributed by atoms with E-state index in [0.29, 0.717) is 11.3 Å². The molecule has 1 aliphatic rings. The summed E-state index contributed by atoms with van der Waals surface area (Å²) in [5.41, 5.74) is 1.77. The minimum absolute atomic E-state index is 0.0689. The third-order valence-electron chi connectivity index (χ3n) is 3.43. The highest BCUT2D eigenvalue weighted by molar-refractivity contribution is 5.38. The van der Waals surface area contributed by atoms with E-state index in [1.807, 2.05) is 25.1 Å². The first kappa shape index (κ1) is 12.4. The third kappa shape index (κ3) is 2.78. The lowest BCUT2D eigenvalue weighted by atomic mass is 9.89. The fraction of sp³-hybridized carbons (Fsp3) is 0.571. The van der Waals surface area contributed by atoms with Gasteiger partial charge in [0.25, 0.3) is 0 Å². The van der Waals surface area contributed by atoms with Crippen molar-refractivity contribution < 1.29 is 9.13 Å². The lowest BCUT2D eigenvalue weighted by Gasteiger charge is -2.27. The van der Waals surface area contributed by atoms with Crippen molar-refractivity contribution in [2.45, 2.75) is 25.9 Å². The number of nitrogens with one attached hydrogen (secondary N) is 1. The molecule has 2 atom stereocenters. The first-order valence-corrected chi connectivity index (χ1v) is 6.21. The molecule has 0 amide bonds. The van der Waals surface area contributed by atoms with Gasteiger partial charge < -0.3 is 10.1 Å².